The van der Waals surface area contributed by atoms with Gasteiger partial charge in [-0.15, -0.1) is 0 Å². The number of anilines is 1. The predicted octanol–water partition coefficient (Wildman–Crippen LogP) is 1.85. The summed E-state index contributed by atoms with van der Waals surface area (Å²) in [5, 5.41) is 7.32. The summed E-state index contributed by atoms with van der Waals surface area (Å²) < 4.78 is 1.80. The average molecular weight is 264 g/mol. The smallest absolute Gasteiger partial charge is 0.238 e. The van der Waals surface area contributed by atoms with E-state index in [0.717, 1.165) is 23.6 Å². The van der Waals surface area contributed by atoms with Crippen molar-refractivity contribution in [3.05, 3.63) is 11.4 Å². The number of rotatable bonds is 3. The van der Waals surface area contributed by atoms with Gasteiger partial charge in [0.2, 0.25) is 5.91 Å². The summed E-state index contributed by atoms with van der Waals surface area (Å²) in [6.07, 6.45) is 3.67. The van der Waals surface area contributed by atoms with E-state index in [4.69, 9.17) is 0 Å². The van der Waals surface area contributed by atoms with Crippen molar-refractivity contribution in [3.8, 4) is 0 Å². The van der Waals surface area contributed by atoms with Gasteiger partial charge in [0, 0.05) is 13.1 Å². The summed E-state index contributed by atoms with van der Waals surface area (Å²) in [5.41, 5.74) is 2.73. The van der Waals surface area contributed by atoms with E-state index in [1.165, 1.54) is 19.3 Å². The van der Waals surface area contributed by atoms with Crippen molar-refractivity contribution in [2.45, 2.75) is 46.1 Å². The normalized spacial score (nSPS) is 20.5. The fourth-order valence-corrected chi connectivity index (χ4v) is 2.71. The molecule has 106 valence electrons. The van der Waals surface area contributed by atoms with Crippen LogP contribution >= 0.6 is 0 Å². The SMILES string of the molecule is Cc1nn(C)c(C)c1NC(=O)CN1CCCCC1C. The lowest BCUT2D eigenvalue weighted by atomic mass is 10.0. The van der Waals surface area contributed by atoms with Crippen LogP contribution in [0.2, 0.25) is 0 Å². The molecule has 5 heteroatoms. The molecule has 1 fully saturated rings. The van der Waals surface area contributed by atoms with E-state index in [2.05, 4.69) is 22.2 Å². The zero-order valence-electron chi connectivity index (χ0n) is 12.4. The van der Waals surface area contributed by atoms with Gasteiger partial charge in [-0.25, -0.2) is 0 Å². The second-order valence-electron chi connectivity index (χ2n) is 5.53. The zero-order valence-corrected chi connectivity index (χ0v) is 12.4. The molecule has 1 amide bonds. The van der Waals surface area contributed by atoms with E-state index < -0.39 is 0 Å². The first-order valence-corrected chi connectivity index (χ1v) is 7.03. The molecule has 1 unspecified atom stereocenters. The Labute approximate surface area is 115 Å². The minimum atomic E-state index is 0.0629. The van der Waals surface area contributed by atoms with Crippen molar-refractivity contribution in [2.75, 3.05) is 18.4 Å². The summed E-state index contributed by atoms with van der Waals surface area (Å²) in [4.78, 5) is 14.4. The standard InChI is InChI=1S/C14H24N4O/c1-10-7-5-6-8-18(10)9-13(19)15-14-11(2)16-17(4)12(14)3/h10H,5-9H2,1-4H3,(H,15,19). The Morgan fingerprint density at radius 2 is 2.16 bits per heavy atom. The topological polar surface area (TPSA) is 50.2 Å². The van der Waals surface area contributed by atoms with E-state index in [0.29, 0.717) is 12.6 Å². The number of hydrogen-bond donors (Lipinski definition) is 1. The molecule has 5 nitrogen and oxygen atoms in total. The van der Waals surface area contributed by atoms with Gasteiger partial charge < -0.3 is 5.32 Å². The van der Waals surface area contributed by atoms with Gasteiger partial charge in [0.25, 0.3) is 0 Å². The maximum absolute atomic E-state index is 12.2. The second kappa shape index (κ2) is 5.74. The van der Waals surface area contributed by atoms with Crippen LogP contribution in [-0.4, -0.2) is 39.7 Å². The number of aromatic nitrogens is 2. The van der Waals surface area contributed by atoms with Crippen LogP contribution in [0.15, 0.2) is 0 Å². The number of likely N-dealkylation sites (tertiary alicyclic amines) is 1. The maximum Gasteiger partial charge on any atom is 0.238 e. The summed E-state index contributed by atoms with van der Waals surface area (Å²) in [7, 11) is 1.89. The number of hydrogen-bond acceptors (Lipinski definition) is 3. The van der Waals surface area contributed by atoms with Crippen LogP contribution < -0.4 is 5.32 Å². The molecule has 0 aromatic carbocycles. The lowest BCUT2D eigenvalue weighted by Crippen LogP contribution is -2.42. The third-order valence-corrected chi connectivity index (χ3v) is 4.06. The molecular formula is C14H24N4O. The molecule has 19 heavy (non-hydrogen) atoms. The van der Waals surface area contributed by atoms with Gasteiger partial charge in [0.1, 0.15) is 0 Å². The Morgan fingerprint density at radius 1 is 1.42 bits per heavy atom. The summed E-state index contributed by atoms with van der Waals surface area (Å²) >= 11 is 0. The Kier molecular flexibility index (Phi) is 4.24. The van der Waals surface area contributed by atoms with E-state index in [9.17, 15) is 4.79 Å². The molecule has 2 heterocycles. The van der Waals surface area contributed by atoms with Crippen molar-refractivity contribution in [1.29, 1.82) is 0 Å². The van der Waals surface area contributed by atoms with E-state index in [-0.39, 0.29) is 5.91 Å². The molecule has 1 saturated heterocycles. The highest BCUT2D eigenvalue weighted by Crippen LogP contribution is 2.19. The lowest BCUT2D eigenvalue weighted by molar-refractivity contribution is -0.118. The Hall–Kier alpha value is -1.36. The molecule has 1 aliphatic rings. The summed E-state index contributed by atoms with van der Waals surface area (Å²) in [6.45, 7) is 7.60. The molecule has 1 aliphatic heterocycles. The zero-order chi connectivity index (χ0) is 14.0. The highest BCUT2D eigenvalue weighted by Gasteiger charge is 2.21. The monoisotopic (exact) mass is 264 g/mol. The van der Waals surface area contributed by atoms with Crippen molar-refractivity contribution in [3.63, 3.8) is 0 Å². The lowest BCUT2D eigenvalue weighted by Gasteiger charge is -2.32. The molecule has 1 atom stereocenters. The molecule has 0 spiro atoms. The van der Waals surface area contributed by atoms with Crippen LogP contribution in [0.3, 0.4) is 0 Å². The van der Waals surface area contributed by atoms with E-state index >= 15 is 0 Å². The van der Waals surface area contributed by atoms with E-state index in [1.807, 2.05) is 20.9 Å². The van der Waals surface area contributed by atoms with Crippen molar-refractivity contribution >= 4 is 11.6 Å². The fraction of sp³-hybridized carbons (Fsp3) is 0.714. The summed E-state index contributed by atoms with van der Waals surface area (Å²) in [5.74, 6) is 0.0629. The van der Waals surface area contributed by atoms with Crippen molar-refractivity contribution in [2.24, 2.45) is 7.05 Å². The molecule has 2 rings (SSSR count). The summed E-state index contributed by atoms with van der Waals surface area (Å²) in [6, 6.07) is 0.510. The fourth-order valence-electron chi connectivity index (χ4n) is 2.71. The van der Waals surface area contributed by atoms with Gasteiger partial charge in [0.05, 0.1) is 23.6 Å². The number of nitrogens with zero attached hydrogens (tertiary/aromatic N) is 3. The van der Waals surface area contributed by atoms with Gasteiger partial charge in [-0.3, -0.25) is 14.4 Å². The van der Waals surface area contributed by atoms with Crippen molar-refractivity contribution in [1.82, 2.24) is 14.7 Å². The number of piperidine rings is 1. The van der Waals surface area contributed by atoms with Gasteiger partial charge in [-0.2, -0.15) is 5.10 Å². The number of amides is 1. The van der Waals surface area contributed by atoms with Gasteiger partial charge in [0.15, 0.2) is 0 Å². The van der Waals surface area contributed by atoms with Crippen LogP contribution in [0, 0.1) is 13.8 Å². The van der Waals surface area contributed by atoms with Crippen LogP contribution in [0.25, 0.3) is 0 Å². The Balaban J connectivity index is 1.97. The van der Waals surface area contributed by atoms with Gasteiger partial charge in [-0.05, 0) is 40.2 Å². The molecule has 0 aliphatic carbocycles. The quantitative estimate of drug-likeness (QED) is 0.906. The van der Waals surface area contributed by atoms with Crippen molar-refractivity contribution < 1.29 is 4.79 Å². The highest BCUT2D eigenvalue weighted by molar-refractivity contribution is 5.93. The Morgan fingerprint density at radius 3 is 2.74 bits per heavy atom. The molecule has 1 aromatic heterocycles. The van der Waals surface area contributed by atoms with Crippen LogP contribution in [0.4, 0.5) is 5.69 Å². The number of nitrogens with one attached hydrogen (secondary N) is 1. The van der Waals surface area contributed by atoms with E-state index in [1.54, 1.807) is 4.68 Å². The second-order valence-corrected chi connectivity index (χ2v) is 5.53. The molecule has 1 N–H and O–H groups in total. The molecule has 0 bridgehead atoms. The van der Waals surface area contributed by atoms with Gasteiger partial charge >= 0.3 is 0 Å². The molecule has 1 aromatic rings. The predicted molar refractivity (Wildman–Crippen MR) is 76.2 cm³/mol. The first kappa shape index (κ1) is 14.1. The molecular weight excluding hydrogens is 240 g/mol. The van der Waals surface area contributed by atoms with Crippen LogP contribution in [0.5, 0.6) is 0 Å². The van der Waals surface area contributed by atoms with Crippen LogP contribution in [-0.2, 0) is 11.8 Å². The largest absolute Gasteiger partial charge is 0.322 e. The first-order valence-electron chi connectivity index (χ1n) is 7.03. The molecule has 0 radical (unpaired) electrons. The third-order valence-electron chi connectivity index (χ3n) is 4.06. The molecule has 0 saturated carbocycles. The van der Waals surface area contributed by atoms with Gasteiger partial charge in [-0.1, -0.05) is 6.42 Å². The number of aryl methyl sites for hydroxylation is 2. The minimum Gasteiger partial charge on any atom is -0.322 e. The first-order chi connectivity index (χ1) is 8.99. The van der Waals surface area contributed by atoms with Crippen LogP contribution in [0.1, 0.15) is 37.6 Å². The Bertz CT molecular complexity index is 466. The average Bonchev–Trinajstić information content (AvgIpc) is 2.59. The minimum absolute atomic E-state index is 0.0629. The third kappa shape index (κ3) is 3.15. The number of carbonyl (C=O) groups excluding carboxylic acids is 1. The number of carbonyl (C=O) groups is 1. The maximum atomic E-state index is 12.2. The highest BCUT2D eigenvalue weighted by atomic mass is 16.2.